The Hall–Kier alpha value is -3.02. The van der Waals surface area contributed by atoms with E-state index in [9.17, 15) is 24.6 Å². The molecule has 1 aromatic heterocycles. The lowest BCUT2D eigenvalue weighted by atomic mass is 9.80. The molecule has 3 N–H and O–H groups in total. The molecule has 8 aliphatic heterocycles. The van der Waals surface area contributed by atoms with Crippen LogP contribution < -0.4 is 5.32 Å². The summed E-state index contributed by atoms with van der Waals surface area (Å²) in [5, 5.41) is 25.9. The first-order valence-corrected chi connectivity index (χ1v) is 19.4. The van der Waals surface area contributed by atoms with Gasteiger partial charge in [-0.25, -0.2) is 0 Å². The van der Waals surface area contributed by atoms with Crippen LogP contribution in [0.25, 0.3) is 10.9 Å². The van der Waals surface area contributed by atoms with E-state index in [1.807, 2.05) is 66.3 Å². The lowest BCUT2D eigenvalue weighted by Gasteiger charge is -2.63. The normalized spacial score (nSPS) is 36.8. The summed E-state index contributed by atoms with van der Waals surface area (Å²) in [6.45, 7) is -1.20. The van der Waals surface area contributed by atoms with Crippen molar-refractivity contribution in [3.05, 3.63) is 65.9 Å². The topological polar surface area (TPSA) is 139 Å². The second kappa shape index (κ2) is 9.36. The Morgan fingerprint density at radius 3 is 2.19 bits per heavy atom. The molecule has 7 fully saturated rings. The Morgan fingerprint density at radius 2 is 1.43 bits per heavy atom. The first kappa shape index (κ1) is 30.1. The highest BCUT2D eigenvalue weighted by molar-refractivity contribution is 8.78. The number of likely N-dealkylation sites (N-methyl/N-ethyl adjacent to an activating group) is 2. The summed E-state index contributed by atoms with van der Waals surface area (Å²) in [6, 6.07) is 15.4. The first-order valence-electron chi connectivity index (χ1n) is 15.1. The van der Waals surface area contributed by atoms with Gasteiger partial charge in [0.25, 0.3) is 23.6 Å². The summed E-state index contributed by atoms with van der Waals surface area (Å²) in [5.74, 6) is -1.57. The molecule has 0 radical (unpaired) electrons. The molecule has 16 heteroatoms. The molecule has 2 aromatic carbocycles. The van der Waals surface area contributed by atoms with Crippen molar-refractivity contribution >= 4 is 83.4 Å². The van der Waals surface area contributed by atoms with Gasteiger partial charge in [0, 0.05) is 62.3 Å². The SMILES string of the molecule is CN1C(=O)[C@]23C[C@@]4(N5C(=O)[C@@]6(CO)SS[C@]5(Cc5cn(C)c7ccccc57)C(=O)N6C)c5ccccc5N[C@H]4N2C(=O)[C@@]1(CO)SS3. The maximum absolute atomic E-state index is 15.3. The van der Waals surface area contributed by atoms with Gasteiger partial charge in [0.05, 0.1) is 13.2 Å². The summed E-state index contributed by atoms with van der Waals surface area (Å²) in [4.78, 5) is 59.0. The van der Waals surface area contributed by atoms with Gasteiger partial charge in [-0.2, -0.15) is 0 Å². The molecule has 6 atom stereocenters. The Morgan fingerprint density at radius 1 is 0.787 bits per heavy atom. The minimum Gasteiger partial charge on any atom is -0.392 e. The van der Waals surface area contributed by atoms with Gasteiger partial charge in [-0.3, -0.25) is 24.1 Å². The van der Waals surface area contributed by atoms with E-state index in [1.165, 1.54) is 54.1 Å². The molecule has 0 saturated carbocycles. The van der Waals surface area contributed by atoms with Crippen molar-refractivity contribution in [1.82, 2.24) is 24.2 Å². The van der Waals surface area contributed by atoms with Crippen LogP contribution >= 0.6 is 43.2 Å². The highest BCUT2D eigenvalue weighted by atomic mass is 33.1. The van der Waals surface area contributed by atoms with E-state index < -0.39 is 56.2 Å². The average Bonchev–Trinajstić information content (AvgIpc) is 3.67. The molecular weight excluding hydrogens is 681 g/mol. The number of nitrogens with zero attached hydrogens (tertiary/aromatic N) is 5. The molecule has 9 heterocycles. The first-order chi connectivity index (χ1) is 22.5. The summed E-state index contributed by atoms with van der Waals surface area (Å²) >= 11 is 0. The van der Waals surface area contributed by atoms with Crippen LogP contribution in [0.5, 0.6) is 0 Å². The number of piperazine rings is 2. The highest BCUT2D eigenvalue weighted by Gasteiger charge is 2.83. The van der Waals surface area contributed by atoms with Crippen LogP contribution in [0.15, 0.2) is 54.7 Å². The van der Waals surface area contributed by atoms with Gasteiger partial charge < -0.3 is 34.8 Å². The largest absolute Gasteiger partial charge is 0.392 e. The number of fused-ring (bicyclic) bond motifs is 10. The fraction of sp³-hybridized carbons (Fsp3) is 0.419. The summed E-state index contributed by atoms with van der Waals surface area (Å²) in [5.41, 5.74) is 1.83. The number of rotatable bonds is 5. The molecule has 47 heavy (non-hydrogen) atoms. The Kier molecular flexibility index (Phi) is 5.99. The number of benzene rings is 2. The number of carbonyl (C=O) groups is 4. The maximum Gasteiger partial charge on any atom is 0.265 e. The van der Waals surface area contributed by atoms with Crippen LogP contribution in [-0.4, -0.2) is 111 Å². The number of para-hydroxylation sites is 2. The second-order valence-electron chi connectivity index (χ2n) is 13.0. The molecule has 11 rings (SSSR count). The Labute approximate surface area is 285 Å². The molecule has 8 aliphatic rings. The fourth-order valence-electron chi connectivity index (χ4n) is 8.62. The number of amides is 4. The smallest absolute Gasteiger partial charge is 0.265 e. The van der Waals surface area contributed by atoms with Crippen molar-refractivity contribution < 1.29 is 29.4 Å². The van der Waals surface area contributed by atoms with Crippen molar-refractivity contribution in [3.63, 3.8) is 0 Å². The van der Waals surface area contributed by atoms with Gasteiger partial charge in [-0.05, 0) is 39.3 Å². The van der Waals surface area contributed by atoms with E-state index >= 15 is 4.79 Å². The zero-order valence-corrected chi connectivity index (χ0v) is 28.8. The van der Waals surface area contributed by atoms with Crippen molar-refractivity contribution in [2.45, 2.75) is 44.0 Å². The number of aliphatic hydroxyl groups excluding tert-OH is 2. The molecule has 1 spiro atoms. The predicted molar refractivity (Wildman–Crippen MR) is 181 cm³/mol. The number of carbonyl (C=O) groups excluding carboxylic acids is 4. The number of hydrogen-bond donors (Lipinski definition) is 3. The van der Waals surface area contributed by atoms with Crippen LogP contribution in [0, 0.1) is 0 Å². The molecule has 12 nitrogen and oxygen atoms in total. The minimum absolute atomic E-state index is 0.00945. The van der Waals surface area contributed by atoms with Crippen LogP contribution in [0.3, 0.4) is 0 Å². The number of aromatic nitrogens is 1. The maximum atomic E-state index is 15.3. The fourth-order valence-corrected chi connectivity index (χ4v) is 15.8. The highest BCUT2D eigenvalue weighted by Crippen LogP contribution is 2.72. The van der Waals surface area contributed by atoms with E-state index in [0.29, 0.717) is 11.3 Å². The number of hydrogen-bond acceptors (Lipinski definition) is 11. The molecule has 244 valence electrons. The van der Waals surface area contributed by atoms with Crippen LogP contribution in [0.2, 0.25) is 0 Å². The molecule has 4 bridgehead atoms. The predicted octanol–water partition coefficient (Wildman–Crippen LogP) is 1.93. The Bertz CT molecular complexity index is 1980. The zero-order valence-electron chi connectivity index (χ0n) is 25.5. The molecule has 7 saturated heterocycles. The number of anilines is 1. The lowest BCUT2D eigenvalue weighted by molar-refractivity contribution is -0.178. The minimum atomic E-state index is -1.61. The van der Waals surface area contributed by atoms with Crippen LogP contribution in [0.4, 0.5) is 5.69 Å². The van der Waals surface area contributed by atoms with E-state index in [1.54, 1.807) is 11.9 Å². The van der Waals surface area contributed by atoms with Crippen molar-refractivity contribution in [3.8, 4) is 0 Å². The van der Waals surface area contributed by atoms with Gasteiger partial charge >= 0.3 is 0 Å². The van der Waals surface area contributed by atoms with E-state index in [4.69, 9.17) is 0 Å². The molecular formula is C31H30N6O6S4. The third-order valence-corrected chi connectivity index (χ3v) is 18.2. The van der Waals surface area contributed by atoms with E-state index in [2.05, 4.69) is 5.32 Å². The van der Waals surface area contributed by atoms with Crippen molar-refractivity contribution in [2.75, 3.05) is 32.6 Å². The monoisotopic (exact) mass is 710 g/mol. The zero-order chi connectivity index (χ0) is 32.9. The van der Waals surface area contributed by atoms with Gasteiger partial charge in [-0.1, -0.05) is 58.0 Å². The standard InChI is InChI=1S/C31H30N6O6S4/c1-33-13-17(18-8-4-7-11-21(18)33)12-28-23(40)34(2)31(16-39,47-44-28)26(43)37(28)27-14-29-24(41)35(3)30(15-38,46-45-29)25(42)36(29)22(27)32-20-10-6-5-9-19(20)27/h4-11,13,22,32,38-39H,12,14-16H2,1-3H3/t22-,27+,28+,29+,30+,31+/m0/s1. The van der Waals surface area contributed by atoms with E-state index in [0.717, 1.165) is 27.3 Å². The third-order valence-electron chi connectivity index (χ3n) is 11.0. The number of aliphatic hydroxyl groups is 2. The van der Waals surface area contributed by atoms with Crippen molar-refractivity contribution in [2.24, 2.45) is 7.05 Å². The summed E-state index contributed by atoms with van der Waals surface area (Å²) < 4.78 is 2.00. The second-order valence-corrected chi connectivity index (χ2v) is 18.4. The Balaban J connectivity index is 1.32. The number of nitrogens with one attached hydrogen (secondary N) is 1. The van der Waals surface area contributed by atoms with Crippen molar-refractivity contribution in [1.29, 1.82) is 0 Å². The number of aryl methyl sites for hydroxylation is 1. The average molecular weight is 711 g/mol. The van der Waals surface area contributed by atoms with Gasteiger partial charge in [0.2, 0.25) is 9.74 Å². The van der Waals surface area contributed by atoms with Gasteiger partial charge in [0.1, 0.15) is 11.7 Å². The van der Waals surface area contributed by atoms with Gasteiger partial charge in [0.15, 0.2) is 9.74 Å². The van der Waals surface area contributed by atoms with Crippen LogP contribution in [-0.2, 0) is 38.2 Å². The molecule has 4 amide bonds. The van der Waals surface area contributed by atoms with Gasteiger partial charge in [-0.15, -0.1) is 0 Å². The van der Waals surface area contributed by atoms with Crippen LogP contribution in [0.1, 0.15) is 17.5 Å². The molecule has 0 aliphatic carbocycles. The third kappa shape index (κ3) is 3.12. The summed E-state index contributed by atoms with van der Waals surface area (Å²) in [6.07, 6.45) is 1.21. The quantitative estimate of drug-likeness (QED) is 0.335. The summed E-state index contributed by atoms with van der Waals surface area (Å²) in [7, 11) is 9.88. The molecule has 3 aromatic rings. The molecule has 0 unspecified atom stereocenters. The lowest BCUT2D eigenvalue weighted by Crippen LogP contribution is -2.82. The van der Waals surface area contributed by atoms with E-state index in [-0.39, 0.29) is 24.7 Å².